The van der Waals surface area contributed by atoms with Gasteiger partial charge in [0, 0.05) is 0 Å². The number of nitrogens with one attached hydrogen (secondary N) is 2. The van der Waals surface area contributed by atoms with Crippen LogP contribution in [0.4, 0.5) is 5.69 Å². The molecule has 0 fully saturated rings. The number of rotatable bonds is 4. The van der Waals surface area contributed by atoms with Gasteiger partial charge in [0.15, 0.2) is 0 Å². The SMILES string of the molecule is CC1N=C(C(=O)NC(C)c2ccc(C#N)cc2)NN(c2ccccc2)C1=O. The summed E-state index contributed by atoms with van der Waals surface area (Å²) in [6.07, 6.45) is 0. The van der Waals surface area contributed by atoms with E-state index < -0.39 is 11.9 Å². The van der Waals surface area contributed by atoms with Gasteiger partial charge in [-0.25, -0.2) is 10.0 Å². The lowest BCUT2D eigenvalue weighted by Crippen LogP contribution is -2.58. The number of anilines is 1. The van der Waals surface area contributed by atoms with Crippen LogP contribution in [0.2, 0.25) is 0 Å². The smallest absolute Gasteiger partial charge is 0.288 e. The van der Waals surface area contributed by atoms with Gasteiger partial charge in [-0.1, -0.05) is 30.3 Å². The molecule has 7 heteroatoms. The minimum absolute atomic E-state index is 0.0754. The van der Waals surface area contributed by atoms with Gasteiger partial charge < -0.3 is 5.32 Å². The highest BCUT2D eigenvalue weighted by Gasteiger charge is 2.31. The molecular weight excluding hydrogens is 342 g/mol. The van der Waals surface area contributed by atoms with E-state index in [9.17, 15) is 9.59 Å². The average molecular weight is 361 g/mol. The van der Waals surface area contributed by atoms with Gasteiger partial charge in [-0.05, 0) is 43.7 Å². The lowest BCUT2D eigenvalue weighted by atomic mass is 10.1. The van der Waals surface area contributed by atoms with Gasteiger partial charge in [-0.3, -0.25) is 15.0 Å². The molecule has 0 bridgehead atoms. The maximum atomic E-state index is 12.6. The van der Waals surface area contributed by atoms with Gasteiger partial charge in [0.25, 0.3) is 11.8 Å². The van der Waals surface area contributed by atoms with Gasteiger partial charge in [-0.2, -0.15) is 5.26 Å². The number of amides is 2. The van der Waals surface area contributed by atoms with Crippen LogP contribution in [0.1, 0.15) is 31.0 Å². The molecule has 1 aliphatic heterocycles. The minimum Gasteiger partial charge on any atom is -0.343 e. The molecule has 0 saturated carbocycles. The van der Waals surface area contributed by atoms with Gasteiger partial charge in [-0.15, -0.1) is 0 Å². The van der Waals surface area contributed by atoms with E-state index in [0.717, 1.165) is 5.56 Å². The standard InChI is InChI=1S/C20H19N5O2/c1-13(16-10-8-15(12-21)9-11-16)23-19(26)18-22-14(2)20(27)25(24-18)17-6-4-3-5-7-17/h3-11,13-14H,1-2H3,(H,22,24)(H,23,26). The van der Waals surface area contributed by atoms with Crippen molar-refractivity contribution in [1.29, 1.82) is 5.26 Å². The summed E-state index contributed by atoms with van der Waals surface area (Å²) in [6.45, 7) is 3.49. The van der Waals surface area contributed by atoms with Gasteiger partial charge in [0.1, 0.15) is 6.04 Å². The molecule has 2 N–H and O–H groups in total. The molecule has 1 aliphatic rings. The second-order valence-corrected chi connectivity index (χ2v) is 6.20. The molecule has 0 spiro atoms. The summed E-state index contributed by atoms with van der Waals surface area (Å²) in [5.41, 5.74) is 4.86. The third kappa shape index (κ3) is 3.96. The zero-order valence-corrected chi connectivity index (χ0v) is 15.0. The van der Waals surface area contributed by atoms with Crippen LogP contribution in [0, 0.1) is 11.3 Å². The topological polar surface area (TPSA) is 97.6 Å². The number of nitrogens with zero attached hydrogens (tertiary/aromatic N) is 3. The number of aliphatic imine (C=N–C) groups is 1. The second-order valence-electron chi connectivity index (χ2n) is 6.20. The molecule has 2 amide bonds. The first-order valence-electron chi connectivity index (χ1n) is 8.54. The van der Waals surface area contributed by atoms with Crippen molar-refractivity contribution >= 4 is 23.3 Å². The molecule has 0 saturated heterocycles. The van der Waals surface area contributed by atoms with Crippen LogP contribution in [0.15, 0.2) is 59.6 Å². The Labute approximate surface area is 157 Å². The number of amidine groups is 1. The van der Waals surface area contributed by atoms with E-state index in [0.29, 0.717) is 11.3 Å². The van der Waals surface area contributed by atoms with Crippen molar-refractivity contribution in [3.63, 3.8) is 0 Å². The van der Waals surface area contributed by atoms with E-state index in [-0.39, 0.29) is 17.8 Å². The molecule has 0 radical (unpaired) electrons. The molecule has 2 aromatic carbocycles. The maximum absolute atomic E-state index is 12.6. The predicted molar refractivity (Wildman–Crippen MR) is 102 cm³/mol. The highest BCUT2D eigenvalue weighted by Crippen LogP contribution is 2.17. The molecule has 0 aliphatic carbocycles. The molecule has 27 heavy (non-hydrogen) atoms. The van der Waals surface area contributed by atoms with E-state index in [1.807, 2.05) is 25.1 Å². The number of hydrogen-bond donors (Lipinski definition) is 2. The summed E-state index contributed by atoms with van der Waals surface area (Å²) in [5, 5.41) is 13.1. The third-order valence-corrected chi connectivity index (χ3v) is 4.24. The van der Waals surface area contributed by atoms with Gasteiger partial charge in [0.05, 0.1) is 23.4 Å². The van der Waals surface area contributed by atoms with Crippen LogP contribution in [0.3, 0.4) is 0 Å². The van der Waals surface area contributed by atoms with Crippen molar-refractivity contribution in [2.45, 2.75) is 25.9 Å². The van der Waals surface area contributed by atoms with Crippen molar-refractivity contribution < 1.29 is 9.59 Å². The van der Waals surface area contributed by atoms with E-state index in [1.54, 1.807) is 43.3 Å². The first-order chi connectivity index (χ1) is 13.0. The highest BCUT2D eigenvalue weighted by atomic mass is 16.2. The first kappa shape index (κ1) is 18.1. The predicted octanol–water partition coefficient (Wildman–Crippen LogP) is 2.07. The lowest BCUT2D eigenvalue weighted by Gasteiger charge is -2.30. The van der Waals surface area contributed by atoms with E-state index in [1.165, 1.54) is 5.01 Å². The summed E-state index contributed by atoms with van der Waals surface area (Å²) in [5.74, 6) is -0.573. The van der Waals surface area contributed by atoms with Crippen LogP contribution < -0.4 is 15.8 Å². The Bertz CT molecular complexity index is 916. The Hall–Kier alpha value is -3.66. The Morgan fingerprint density at radius 1 is 1.22 bits per heavy atom. The summed E-state index contributed by atoms with van der Waals surface area (Å²) < 4.78 is 0. The van der Waals surface area contributed by atoms with Gasteiger partial charge in [0.2, 0.25) is 5.84 Å². The Kier molecular flexibility index (Phi) is 5.18. The summed E-state index contributed by atoms with van der Waals surface area (Å²) in [7, 11) is 0. The molecule has 3 rings (SSSR count). The number of carbonyl (C=O) groups excluding carboxylic acids is 2. The lowest BCUT2D eigenvalue weighted by molar-refractivity contribution is -0.120. The zero-order valence-electron chi connectivity index (χ0n) is 15.0. The molecule has 7 nitrogen and oxygen atoms in total. The molecular formula is C20H19N5O2. The molecule has 2 atom stereocenters. The quantitative estimate of drug-likeness (QED) is 0.871. The Balaban J connectivity index is 1.74. The first-order valence-corrected chi connectivity index (χ1v) is 8.54. The number of carbonyl (C=O) groups is 2. The number of nitriles is 1. The third-order valence-electron chi connectivity index (χ3n) is 4.24. The van der Waals surface area contributed by atoms with Crippen LogP contribution >= 0.6 is 0 Å². The number of benzene rings is 2. The monoisotopic (exact) mass is 361 g/mol. The molecule has 2 unspecified atom stereocenters. The summed E-state index contributed by atoms with van der Waals surface area (Å²) in [6, 6.07) is 17.1. The van der Waals surface area contributed by atoms with Crippen LogP contribution in [-0.4, -0.2) is 23.7 Å². The van der Waals surface area contributed by atoms with Crippen LogP contribution in [-0.2, 0) is 9.59 Å². The van der Waals surface area contributed by atoms with E-state index in [2.05, 4.69) is 21.8 Å². The Morgan fingerprint density at radius 3 is 2.52 bits per heavy atom. The highest BCUT2D eigenvalue weighted by molar-refractivity contribution is 6.39. The minimum atomic E-state index is -0.669. The fourth-order valence-electron chi connectivity index (χ4n) is 2.70. The Morgan fingerprint density at radius 2 is 1.89 bits per heavy atom. The maximum Gasteiger partial charge on any atom is 0.288 e. The van der Waals surface area contributed by atoms with Gasteiger partial charge >= 0.3 is 0 Å². The zero-order chi connectivity index (χ0) is 19.4. The van der Waals surface area contributed by atoms with E-state index >= 15 is 0 Å². The normalized spacial score (nSPS) is 17.4. The number of hydrazine groups is 1. The van der Waals surface area contributed by atoms with E-state index in [4.69, 9.17) is 5.26 Å². The summed E-state index contributed by atoms with van der Waals surface area (Å²) >= 11 is 0. The fraction of sp³-hybridized carbons (Fsp3) is 0.200. The number of hydrogen-bond acceptors (Lipinski definition) is 5. The van der Waals surface area contributed by atoms with Crippen LogP contribution in [0.5, 0.6) is 0 Å². The fourth-order valence-corrected chi connectivity index (χ4v) is 2.70. The number of para-hydroxylation sites is 1. The van der Waals surface area contributed by atoms with Crippen molar-refractivity contribution in [2.24, 2.45) is 4.99 Å². The molecule has 1 heterocycles. The van der Waals surface area contributed by atoms with Crippen molar-refractivity contribution in [3.05, 3.63) is 65.7 Å². The molecule has 136 valence electrons. The van der Waals surface area contributed by atoms with Crippen LogP contribution in [0.25, 0.3) is 0 Å². The molecule has 0 aromatic heterocycles. The summed E-state index contributed by atoms with van der Waals surface area (Å²) in [4.78, 5) is 29.2. The van der Waals surface area contributed by atoms with Crippen molar-refractivity contribution in [2.75, 3.05) is 5.01 Å². The average Bonchev–Trinajstić information content (AvgIpc) is 2.70. The van der Waals surface area contributed by atoms with Crippen molar-refractivity contribution in [3.8, 4) is 6.07 Å². The molecule has 2 aromatic rings. The second kappa shape index (κ2) is 7.70. The largest absolute Gasteiger partial charge is 0.343 e. The van der Waals surface area contributed by atoms with Crippen molar-refractivity contribution in [1.82, 2.24) is 10.7 Å².